The molecule has 1 rings (SSSR count). The Balaban J connectivity index is 2.64. The van der Waals surface area contributed by atoms with Crippen LogP contribution in [-0.4, -0.2) is 27.3 Å². The van der Waals surface area contributed by atoms with Gasteiger partial charge >= 0.3 is 0 Å². The lowest BCUT2D eigenvalue weighted by molar-refractivity contribution is 0.351. The molecule has 0 fully saturated rings. The van der Waals surface area contributed by atoms with Crippen molar-refractivity contribution >= 4 is 0 Å². The Bertz CT molecular complexity index is 394. The summed E-state index contributed by atoms with van der Waals surface area (Å²) < 4.78 is 10.6. The Hall–Kier alpha value is -1.88. The minimum absolute atomic E-state index is 0.573. The number of rotatable bonds is 8. The van der Waals surface area contributed by atoms with E-state index in [1.54, 1.807) is 14.2 Å². The summed E-state index contributed by atoms with van der Waals surface area (Å²) in [5.41, 5.74) is 6.41. The van der Waals surface area contributed by atoms with Gasteiger partial charge in [0.1, 0.15) is 0 Å². The van der Waals surface area contributed by atoms with Crippen LogP contribution in [0.1, 0.15) is 5.56 Å². The molecule has 1 aromatic rings. The maximum atomic E-state index is 5.40. The highest BCUT2D eigenvalue weighted by molar-refractivity contribution is 5.46. The van der Waals surface area contributed by atoms with E-state index in [-0.39, 0.29) is 0 Å². The summed E-state index contributed by atoms with van der Waals surface area (Å²) in [5, 5.41) is 6.23. The van der Waals surface area contributed by atoms with Gasteiger partial charge in [0.05, 0.1) is 20.0 Å². The van der Waals surface area contributed by atoms with Gasteiger partial charge in [0.15, 0.2) is 11.5 Å². The number of methoxy groups -OCH3 is 2. The summed E-state index contributed by atoms with van der Waals surface area (Å²) in [7, 11) is 3.25. The highest BCUT2D eigenvalue weighted by Crippen LogP contribution is 2.30. The molecule has 0 unspecified atom stereocenters. The van der Waals surface area contributed by atoms with E-state index in [1.165, 1.54) is 0 Å². The van der Waals surface area contributed by atoms with Gasteiger partial charge in [0.2, 0.25) is 0 Å². The van der Waals surface area contributed by atoms with Crippen LogP contribution in [0, 0.1) is 0 Å². The molecular formula is C13H21N3O2. The van der Waals surface area contributed by atoms with Gasteiger partial charge in [0, 0.05) is 25.2 Å². The monoisotopic (exact) mass is 251 g/mol. The predicted octanol–water partition coefficient (Wildman–Crippen LogP) is 0.813. The zero-order chi connectivity index (χ0) is 13.4. The van der Waals surface area contributed by atoms with Crippen molar-refractivity contribution in [3.63, 3.8) is 0 Å². The molecule has 0 bridgehead atoms. The largest absolute Gasteiger partial charge is 0.493 e. The summed E-state index contributed by atoms with van der Waals surface area (Å²) in [6.45, 7) is 5.73. The zero-order valence-electron chi connectivity index (χ0n) is 11.0. The van der Waals surface area contributed by atoms with Crippen LogP contribution < -0.4 is 25.8 Å². The van der Waals surface area contributed by atoms with Crippen LogP contribution in [0.5, 0.6) is 11.5 Å². The topological polar surface area (TPSA) is 68.5 Å². The molecule has 0 saturated heterocycles. The molecule has 0 atom stereocenters. The van der Waals surface area contributed by atoms with Gasteiger partial charge in [-0.25, -0.2) is 0 Å². The Labute approximate surface area is 108 Å². The number of nitrogens with two attached hydrogens (primary N) is 1. The number of hydrogen-bond acceptors (Lipinski definition) is 5. The molecule has 5 heteroatoms. The molecule has 1 aromatic carbocycles. The molecule has 18 heavy (non-hydrogen) atoms. The van der Waals surface area contributed by atoms with Crippen molar-refractivity contribution in [2.45, 2.75) is 6.54 Å². The molecule has 5 nitrogen and oxygen atoms in total. The van der Waals surface area contributed by atoms with Crippen molar-refractivity contribution in [3.05, 3.63) is 36.2 Å². The van der Waals surface area contributed by atoms with Gasteiger partial charge in [-0.05, 0) is 6.07 Å². The first-order valence-electron chi connectivity index (χ1n) is 5.79. The Morgan fingerprint density at radius 3 is 2.67 bits per heavy atom. The minimum Gasteiger partial charge on any atom is -0.493 e. The number of hydrogen-bond donors (Lipinski definition) is 3. The summed E-state index contributed by atoms with van der Waals surface area (Å²) in [6.07, 6.45) is 0. The van der Waals surface area contributed by atoms with Crippen LogP contribution in [-0.2, 0) is 6.54 Å². The molecule has 0 saturated carbocycles. The van der Waals surface area contributed by atoms with Crippen LogP contribution in [0.3, 0.4) is 0 Å². The number of benzene rings is 1. The zero-order valence-corrected chi connectivity index (χ0v) is 11.0. The molecule has 0 aliphatic rings. The molecule has 0 spiro atoms. The number of ether oxygens (including phenoxy) is 2. The maximum absolute atomic E-state index is 5.40. The fourth-order valence-corrected chi connectivity index (χ4v) is 1.58. The van der Waals surface area contributed by atoms with Crippen molar-refractivity contribution < 1.29 is 9.47 Å². The third kappa shape index (κ3) is 3.85. The summed E-state index contributed by atoms with van der Waals surface area (Å²) in [6, 6.07) is 5.77. The standard InChI is InChI=1S/C13H21N3O2/c1-10(15-8-7-14)16-9-11-5-4-6-12(17-2)13(11)18-3/h4-6,15-16H,1,7-9,14H2,2-3H3. The van der Waals surface area contributed by atoms with Crippen molar-refractivity contribution in [1.29, 1.82) is 0 Å². The summed E-state index contributed by atoms with van der Waals surface area (Å²) in [5.74, 6) is 2.20. The van der Waals surface area contributed by atoms with Crippen LogP contribution in [0.15, 0.2) is 30.6 Å². The van der Waals surface area contributed by atoms with Gasteiger partial charge in [-0.1, -0.05) is 18.7 Å². The van der Waals surface area contributed by atoms with E-state index in [0.29, 0.717) is 19.6 Å². The summed E-state index contributed by atoms with van der Waals surface area (Å²) >= 11 is 0. The van der Waals surface area contributed by atoms with Gasteiger partial charge in [-0.15, -0.1) is 0 Å². The predicted molar refractivity (Wildman–Crippen MR) is 72.6 cm³/mol. The Morgan fingerprint density at radius 1 is 1.28 bits per heavy atom. The van der Waals surface area contributed by atoms with E-state index < -0.39 is 0 Å². The molecule has 4 N–H and O–H groups in total. The second kappa shape index (κ2) is 7.45. The van der Waals surface area contributed by atoms with E-state index in [0.717, 1.165) is 22.9 Å². The van der Waals surface area contributed by atoms with E-state index in [4.69, 9.17) is 15.2 Å². The average molecular weight is 251 g/mol. The molecule has 0 radical (unpaired) electrons. The highest BCUT2D eigenvalue weighted by Gasteiger charge is 2.08. The van der Waals surface area contributed by atoms with E-state index >= 15 is 0 Å². The Kier molecular flexibility index (Phi) is 5.87. The average Bonchev–Trinajstić information content (AvgIpc) is 2.41. The third-order valence-corrected chi connectivity index (χ3v) is 2.46. The first-order valence-corrected chi connectivity index (χ1v) is 5.79. The fourth-order valence-electron chi connectivity index (χ4n) is 1.58. The third-order valence-electron chi connectivity index (χ3n) is 2.46. The Morgan fingerprint density at radius 2 is 2.06 bits per heavy atom. The second-order valence-corrected chi connectivity index (χ2v) is 3.70. The van der Waals surface area contributed by atoms with Crippen LogP contribution in [0.4, 0.5) is 0 Å². The van der Waals surface area contributed by atoms with Crippen LogP contribution in [0.25, 0.3) is 0 Å². The molecule has 0 aromatic heterocycles. The van der Waals surface area contributed by atoms with Gasteiger partial charge in [-0.2, -0.15) is 0 Å². The normalized spacial score (nSPS) is 9.72. The quantitative estimate of drug-likeness (QED) is 0.638. The molecule has 100 valence electrons. The SMILES string of the molecule is C=C(NCCN)NCc1cccc(OC)c1OC. The smallest absolute Gasteiger partial charge is 0.165 e. The number of nitrogens with one attached hydrogen (secondary N) is 2. The van der Waals surface area contributed by atoms with E-state index in [1.807, 2.05) is 18.2 Å². The first-order chi connectivity index (χ1) is 8.72. The molecule has 0 amide bonds. The second-order valence-electron chi connectivity index (χ2n) is 3.70. The molecule has 0 aliphatic heterocycles. The van der Waals surface area contributed by atoms with E-state index in [2.05, 4.69) is 17.2 Å². The lowest BCUT2D eigenvalue weighted by Crippen LogP contribution is -2.29. The van der Waals surface area contributed by atoms with Gasteiger partial charge in [0.25, 0.3) is 0 Å². The lowest BCUT2D eigenvalue weighted by Gasteiger charge is -2.15. The van der Waals surface area contributed by atoms with Gasteiger partial charge < -0.3 is 25.8 Å². The molecular weight excluding hydrogens is 230 g/mol. The van der Waals surface area contributed by atoms with Crippen molar-refractivity contribution in [2.75, 3.05) is 27.3 Å². The maximum Gasteiger partial charge on any atom is 0.165 e. The van der Waals surface area contributed by atoms with Crippen molar-refractivity contribution in [1.82, 2.24) is 10.6 Å². The first kappa shape index (κ1) is 14.2. The van der Waals surface area contributed by atoms with Crippen molar-refractivity contribution in [3.8, 4) is 11.5 Å². The molecule has 0 heterocycles. The highest BCUT2D eigenvalue weighted by atomic mass is 16.5. The number of para-hydroxylation sites is 1. The van der Waals surface area contributed by atoms with Gasteiger partial charge in [-0.3, -0.25) is 0 Å². The van der Waals surface area contributed by atoms with E-state index in [9.17, 15) is 0 Å². The van der Waals surface area contributed by atoms with Crippen LogP contribution in [0.2, 0.25) is 0 Å². The minimum atomic E-state index is 0.573. The summed E-state index contributed by atoms with van der Waals surface area (Å²) in [4.78, 5) is 0. The van der Waals surface area contributed by atoms with Crippen molar-refractivity contribution in [2.24, 2.45) is 5.73 Å². The van der Waals surface area contributed by atoms with Crippen LogP contribution >= 0.6 is 0 Å². The fraction of sp³-hybridized carbons (Fsp3) is 0.385. The molecule has 0 aliphatic carbocycles. The lowest BCUT2D eigenvalue weighted by atomic mass is 10.2.